The minimum atomic E-state index is -1.60. The van der Waals surface area contributed by atoms with Crippen LogP contribution in [0, 0.1) is 0 Å². The normalized spacial score (nSPS) is 9.75. The minimum absolute atomic E-state index is 0.0587. The number of rotatable bonds is 1. The van der Waals surface area contributed by atoms with Crippen LogP contribution < -0.4 is 4.74 Å². The molecular weight excluding hydrogens is 282 g/mol. The van der Waals surface area contributed by atoms with Crippen molar-refractivity contribution in [1.29, 1.82) is 0 Å². The maximum Gasteiger partial charge on any atom is 0.450 e. The molecule has 0 heterocycles. The number of halogens is 3. The van der Waals surface area contributed by atoms with Crippen molar-refractivity contribution in [3.05, 3.63) is 27.2 Å². The van der Waals surface area contributed by atoms with Crippen LogP contribution in [-0.4, -0.2) is 17.2 Å². The molecule has 1 N–H and O–H groups in total. The molecule has 16 heavy (non-hydrogen) atoms. The SMILES string of the molecule is O=C(OO)C(=O)Oc1c(Cl)cc(Cl)cc1Cl. The average Bonchev–Trinajstić information content (AvgIpc) is 2.21. The molecule has 86 valence electrons. The number of benzene rings is 1. The van der Waals surface area contributed by atoms with Gasteiger partial charge in [-0.3, -0.25) is 4.89 Å². The lowest BCUT2D eigenvalue weighted by Crippen LogP contribution is -2.22. The summed E-state index contributed by atoms with van der Waals surface area (Å²) >= 11 is 16.9. The molecule has 0 aliphatic carbocycles. The Morgan fingerprint density at radius 1 is 1.06 bits per heavy atom. The van der Waals surface area contributed by atoms with Crippen LogP contribution in [0.15, 0.2) is 12.1 Å². The number of ether oxygens (including phenoxy) is 1. The summed E-state index contributed by atoms with van der Waals surface area (Å²) in [6.07, 6.45) is 0. The van der Waals surface area contributed by atoms with Gasteiger partial charge in [0.15, 0.2) is 5.75 Å². The van der Waals surface area contributed by atoms with Crippen LogP contribution in [0.2, 0.25) is 15.1 Å². The molecular formula is C8H3Cl3O5. The van der Waals surface area contributed by atoms with Crippen LogP contribution >= 0.6 is 34.8 Å². The fourth-order valence-electron chi connectivity index (χ4n) is 0.798. The molecule has 0 atom stereocenters. The number of hydrogen-bond acceptors (Lipinski definition) is 5. The maximum atomic E-state index is 10.9. The molecule has 0 aromatic heterocycles. The van der Waals surface area contributed by atoms with Crippen molar-refractivity contribution >= 4 is 46.7 Å². The highest BCUT2D eigenvalue weighted by Gasteiger charge is 2.21. The zero-order valence-corrected chi connectivity index (χ0v) is 9.64. The highest BCUT2D eigenvalue weighted by molar-refractivity contribution is 6.41. The van der Waals surface area contributed by atoms with Gasteiger partial charge in [-0.05, 0) is 12.1 Å². The van der Waals surface area contributed by atoms with Gasteiger partial charge in [-0.15, -0.1) is 0 Å². The van der Waals surface area contributed by atoms with E-state index in [0.29, 0.717) is 0 Å². The van der Waals surface area contributed by atoms with Crippen molar-refractivity contribution < 1.29 is 24.5 Å². The van der Waals surface area contributed by atoms with Crippen LogP contribution in [0.25, 0.3) is 0 Å². The van der Waals surface area contributed by atoms with E-state index in [1.165, 1.54) is 12.1 Å². The van der Waals surface area contributed by atoms with E-state index in [4.69, 9.17) is 40.1 Å². The van der Waals surface area contributed by atoms with E-state index in [2.05, 4.69) is 9.62 Å². The molecule has 8 heteroatoms. The standard InChI is InChI=1S/C8H3Cl3O5/c9-3-1-4(10)6(5(11)2-3)15-7(12)8(13)16-14/h1-2,14H. The van der Waals surface area contributed by atoms with Crippen LogP contribution in [0.5, 0.6) is 5.75 Å². The Kier molecular flexibility index (Phi) is 4.37. The van der Waals surface area contributed by atoms with Crippen molar-refractivity contribution in [2.75, 3.05) is 0 Å². The van der Waals surface area contributed by atoms with Gasteiger partial charge in [0, 0.05) is 5.02 Å². The van der Waals surface area contributed by atoms with Gasteiger partial charge in [0.05, 0.1) is 10.0 Å². The first-order valence-corrected chi connectivity index (χ1v) is 4.81. The fraction of sp³-hybridized carbons (Fsp3) is 0. The molecule has 0 fully saturated rings. The number of carbonyl (C=O) groups excluding carboxylic acids is 2. The first-order chi connectivity index (χ1) is 7.45. The van der Waals surface area contributed by atoms with E-state index in [9.17, 15) is 9.59 Å². The summed E-state index contributed by atoms with van der Waals surface area (Å²) in [4.78, 5) is 24.6. The maximum absolute atomic E-state index is 10.9. The molecule has 0 aliphatic rings. The summed E-state index contributed by atoms with van der Waals surface area (Å²) in [5.74, 6) is -3.31. The largest absolute Gasteiger partial charge is 0.450 e. The van der Waals surface area contributed by atoms with Crippen LogP contribution in [0.3, 0.4) is 0 Å². The van der Waals surface area contributed by atoms with Crippen molar-refractivity contribution in [2.45, 2.75) is 0 Å². The summed E-state index contributed by atoms with van der Waals surface area (Å²) in [6, 6.07) is 2.53. The zero-order valence-electron chi connectivity index (χ0n) is 7.37. The van der Waals surface area contributed by atoms with Gasteiger partial charge in [-0.2, -0.15) is 5.26 Å². The Balaban J connectivity index is 2.98. The minimum Gasteiger partial charge on any atom is -0.415 e. The number of carbonyl (C=O) groups is 2. The summed E-state index contributed by atoms with van der Waals surface area (Å²) < 4.78 is 4.49. The molecule has 0 bridgehead atoms. The Labute approximate surface area is 104 Å². The summed E-state index contributed by atoms with van der Waals surface area (Å²) in [5.41, 5.74) is 0. The number of hydrogen-bond donors (Lipinski definition) is 1. The van der Waals surface area contributed by atoms with Gasteiger partial charge in [-0.1, -0.05) is 34.8 Å². The van der Waals surface area contributed by atoms with E-state index in [1.54, 1.807) is 0 Å². The van der Waals surface area contributed by atoms with Gasteiger partial charge in [0.25, 0.3) is 0 Å². The van der Waals surface area contributed by atoms with E-state index in [-0.39, 0.29) is 20.8 Å². The van der Waals surface area contributed by atoms with Crippen molar-refractivity contribution in [3.63, 3.8) is 0 Å². The van der Waals surface area contributed by atoms with Crippen LogP contribution in [0.1, 0.15) is 0 Å². The third-order valence-corrected chi connectivity index (χ3v) is 2.19. The van der Waals surface area contributed by atoms with Gasteiger partial charge < -0.3 is 4.74 Å². The molecule has 5 nitrogen and oxygen atoms in total. The monoisotopic (exact) mass is 284 g/mol. The Hall–Kier alpha value is -1.01. The lowest BCUT2D eigenvalue weighted by atomic mass is 10.3. The van der Waals surface area contributed by atoms with Crippen molar-refractivity contribution in [2.24, 2.45) is 0 Å². The summed E-state index contributed by atoms with van der Waals surface area (Å²) in [5, 5.41) is 8.05. The Bertz CT molecular complexity index is 422. The first-order valence-electron chi connectivity index (χ1n) is 3.67. The van der Waals surface area contributed by atoms with E-state index in [0.717, 1.165) is 0 Å². The molecule has 1 aromatic carbocycles. The van der Waals surface area contributed by atoms with Gasteiger partial charge >= 0.3 is 11.9 Å². The van der Waals surface area contributed by atoms with Crippen molar-refractivity contribution in [3.8, 4) is 5.75 Å². The second-order valence-electron chi connectivity index (χ2n) is 2.47. The molecule has 0 saturated carbocycles. The molecule has 0 amide bonds. The highest BCUT2D eigenvalue weighted by Crippen LogP contribution is 2.35. The van der Waals surface area contributed by atoms with E-state index < -0.39 is 11.9 Å². The van der Waals surface area contributed by atoms with E-state index >= 15 is 0 Å². The Morgan fingerprint density at radius 2 is 1.56 bits per heavy atom. The molecule has 0 saturated heterocycles. The zero-order chi connectivity index (χ0) is 12.3. The topological polar surface area (TPSA) is 72.8 Å². The molecule has 0 radical (unpaired) electrons. The second kappa shape index (κ2) is 5.36. The van der Waals surface area contributed by atoms with Crippen LogP contribution in [-0.2, 0) is 14.5 Å². The third kappa shape index (κ3) is 2.99. The van der Waals surface area contributed by atoms with Gasteiger partial charge in [-0.25, -0.2) is 9.59 Å². The molecule has 1 rings (SSSR count). The molecule has 0 spiro atoms. The van der Waals surface area contributed by atoms with Gasteiger partial charge in [0.1, 0.15) is 0 Å². The summed E-state index contributed by atoms with van der Waals surface area (Å²) in [6.45, 7) is 0. The second-order valence-corrected chi connectivity index (χ2v) is 3.72. The number of esters is 1. The quantitative estimate of drug-likeness (QED) is 0.282. The average molecular weight is 285 g/mol. The van der Waals surface area contributed by atoms with Crippen LogP contribution in [0.4, 0.5) is 0 Å². The van der Waals surface area contributed by atoms with Crippen molar-refractivity contribution in [1.82, 2.24) is 0 Å². The predicted octanol–water partition coefficient (Wildman–Crippen LogP) is 2.57. The van der Waals surface area contributed by atoms with Gasteiger partial charge in [0.2, 0.25) is 0 Å². The molecule has 1 aromatic rings. The lowest BCUT2D eigenvalue weighted by Gasteiger charge is -2.06. The smallest absolute Gasteiger partial charge is 0.415 e. The Morgan fingerprint density at radius 3 is 2.00 bits per heavy atom. The predicted molar refractivity (Wildman–Crippen MR) is 55.8 cm³/mol. The molecule has 0 unspecified atom stereocenters. The van der Waals surface area contributed by atoms with E-state index in [1.807, 2.05) is 0 Å². The fourth-order valence-corrected chi connectivity index (χ4v) is 1.69. The third-order valence-electron chi connectivity index (χ3n) is 1.41. The first kappa shape index (κ1) is 13.1. The molecule has 0 aliphatic heterocycles. The lowest BCUT2D eigenvalue weighted by molar-refractivity contribution is -0.235. The highest BCUT2D eigenvalue weighted by atomic mass is 35.5. The summed E-state index contributed by atoms with van der Waals surface area (Å²) in [7, 11) is 0.